The number of halogens is 2. The van der Waals surface area contributed by atoms with Crippen LogP contribution in [0.4, 0.5) is 15.8 Å². The van der Waals surface area contributed by atoms with E-state index in [0.717, 1.165) is 0 Å². The van der Waals surface area contributed by atoms with Gasteiger partial charge in [-0.25, -0.2) is 14.9 Å². The van der Waals surface area contributed by atoms with Crippen molar-refractivity contribution >= 4 is 53.2 Å². The maximum Gasteiger partial charge on any atom is 0.277 e. The molecule has 1 aromatic heterocycles. The zero-order valence-electron chi connectivity index (χ0n) is 14.4. The predicted molar refractivity (Wildman–Crippen MR) is 104 cm³/mol. The molecule has 0 saturated heterocycles. The summed E-state index contributed by atoms with van der Waals surface area (Å²) >= 11 is 6.17. The van der Waals surface area contributed by atoms with E-state index >= 15 is 4.39 Å². The minimum atomic E-state index is -0.685. The molecule has 0 spiro atoms. The SMILES string of the molecule is [B]c1ccc(Nc2c(C(=O)NOCC=C)cc3c(ncn3C)c2F)c(Cl)c1. The van der Waals surface area contributed by atoms with Crippen LogP contribution in [-0.4, -0.2) is 29.9 Å². The lowest BCUT2D eigenvalue weighted by molar-refractivity contribution is 0.0422. The minimum Gasteiger partial charge on any atom is -0.351 e. The Hall–Kier alpha value is -2.84. The summed E-state index contributed by atoms with van der Waals surface area (Å²) in [6.45, 7) is 3.60. The Morgan fingerprint density at radius 2 is 2.26 bits per heavy atom. The Morgan fingerprint density at radius 1 is 1.48 bits per heavy atom. The van der Waals surface area contributed by atoms with Crippen molar-refractivity contribution in [2.45, 2.75) is 0 Å². The molecule has 0 aliphatic carbocycles. The van der Waals surface area contributed by atoms with Crippen molar-refractivity contribution in [2.75, 3.05) is 11.9 Å². The molecular weight excluding hydrogens is 369 g/mol. The number of hydrogen-bond donors (Lipinski definition) is 2. The number of carbonyl (C=O) groups excluding carboxylic acids is 1. The number of amides is 1. The van der Waals surface area contributed by atoms with Crippen LogP contribution in [0.25, 0.3) is 11.0 Å². The van der Waals surface area contributed by atoms with Gasteiger partial charge in [0, 0.05) is 7.05 Å². The van der Waals surface area contributed by atoms with Crippen LogP contribution in [0, 0.1) is 5.82 Å². The topological polar surface area (TPSA) is 68.2 Å². The molecule has 2 N–H and O–H groups in total. The van der Waals surface area contributed by atoms with Gasteiger partial charge in [0.15, 0.2) is 5.82 Å². The van der Waals surface area contributed by atoms with Gasteiger partial charge < -0.3 is 9.88 Å². The second-order valence-corrected chi connectivity index (χ2v) is 6.14. The van der Waals surface area contributed by atoms with E-state index in [2.05, 4.69) is 22.4 Å². The van der Waals surface area contributed by atoms with Crippen molar-refractivity contribution in [2.24, 2.45) is 7.05 Å². The molecular formula is C18H15BClFN4O2. The van der Waals surface area contributed by atoms with Crippen molar-refractivity contribution in [1.29, 1.82) is 0 Å². The molecule has 3 rings (SSSR count). The summed E-state index contributed by atoms with van der Waals surface area (Å²) in [7, 11) is 7.39. The molecule has 1 amide bonds. The number of rotatable bonds is 6. The van der Waals surface area contributed by atoms with Gasteiger partial charge in [0.05, 0.1) is 40.4 Å². The van der Waals surface area contributed by atoms with Crippen LogP contribution < -0.4 is 16.3 Å². The number of anilines is 2. The van der Waals surface area contributed by atoms with Gasteiger partial charge in [-0.15, -0.1) is 6.58 Å². The molecule has 2 aromatic carbocycles. The minimum absolute atomic E-state index is 0.0283. The van der Waals surface area contributed by atoms with Crippen molar-refractivity contribution in [3.63, 3.8) is 0 Å². The van der Waals surface area contributed by atoms with Gasteiger partial charge in [0.2, 0.25) is 0 Å². The normalized spacial score (nSPS) is 10.8. The average molecular weight is 385 g/mol. The number of aromatic nitrogens is 2. The highest BCUT2D eigenvalue weighted by atomic mass is 35.5. The monoisotopic (exact) mass is 384 g/mol. The summed E-state index contributed by atoms with van der Waals surface area (Å²) in [5.41, 5.74) is 3.63. The number of carbonyl (C=O) groups is 1. The maximum atomic E-state index is 15.1. The quantitative estimate of drug-likeness (QED) is 0.297. The highest BCUT2D eigenvalue weighted by molar-refractivity contribution is 6.37. The fraction of sp³-hybridized carbons (Fsp3) is 0.111. The molecule has 27 heavy (non-hydrogen) atoms. The molecule has 0 unspecified atom stereocenters. The van der Waals surface area contributed by atoms with Crippen LogP contribution in [0.5, 0.6) is 0 Å². The Labute approximate surface area is 161 Å². The number of benzene rings is 2. The van der Waals surface area contributed by atoms with E-state index in [1.807, 2.05) is 0 Å². The third-order valence-electron chi connectivity index (χ3n) is 3.82. The van der Waals surface area contributed by atoms with Crippen molar-refractivity contribution < 1.29 is 14.0 Å². The van der Waals surface area contributed by atoms with Gasteiger partial charge in [-0.05, 0) is 18.2 Å². The lowest BCUT2D eigenvalue weighted by atomic mass is 9.96. The molecule has 0 fully saturated rings. The van der Waals surface area contributed by atoms with E-state index in [1.54, 1.807) is 23.7 Å². The Balaban J connectivity index is 2.10. The Kier molecular flexibility index (Phi) is 5.48. The molecule has 0 saturated carbocycles. The third-order valence-corrected chi connectivity index (χ3v) is 4.14. The summed E-state index contributed by atoms with van der Waals surface area (Å²) in [5.74, 6) is -1.32. The molecule has 9 heteroatoms. The van der Waals surface area contributed by atoms with Gasteiger partial charge in [-0.1, -0.05) is 29.2 Å². The number of nitrogens with one attached hydrogen (secondary N) is 2. The summed E-state index contributed by atoms with van der Waals surface area (Å²) in [6.07, 6.45) is 2.93. The first-order valence-corrected chi connectivity index (χ1v) is 8.28. The number of nitrogens with zero attached hydrogens (tertiary/aromatic N) is 2. The molecule has 0 aliphatic rings. The maximum absolute atomic E-state index is 15.1. The zero-order chi connectivity index (χ0) is 19.6. The fourth-order valence-corrected chi connectivity index (χ4v) is 2.75. The Bertz CT molecular complexity index is 1040. The van der Waals surface area contributed by atoms with Crippen LogP contribution in [-0.2, 0) is 11.9 Å². The molecule has 3 aromatic rings. The van der Waals surface area contributed by atoms with E-state index in [-0.39, 0.29) is 28.4 Å². The largest absolute Gasteiger partial charge is 0.351 e. The number of fused-ring (bicyclic) bond motifs is 1. The number of hydroxylamine groups is 1. The summed E-state index contributed by atoms with van der Waals surface area (Å²) in [4.78, 5) is 21.6. The number of imidazole rings is 1. The fourth-order valence-electron chi connectivity index (χ4n) is 2.51. The molecule has 1 heterocycles. The molecule has 136 valence electrons. The molecule has 6 nitrogen and oxygen atoms in total. The van der Waals surface area contributed by atoms with Crippen LogP contribution in [0.1, 0.15) is 10.4 Å². The lowest BCUT2D eigenvalue weighted by Gasteiger charge is -2.15. The van der Waals surface area contributed by atoms with Crippen molar-refractivity contribution in [1.82, 2.24) is 15.0 Å². The first kappa shape index (κ1) is 18.9. The first-order valence-electron chi connectivity index (χ1n) is 7.91. The van der Waals surface area contributed by atoms with Crippen LogP contribution in [0.15, 0.2) is 43.2 Å². The predicted octanol–water partition coefficient (Wildman–Crippen LogP) is 2.75. The summed E-state index contributed by atoms with van der Waals surface area (Å²) in [5, 5.41) is 3.14. The molecule has 0 aliphatic heterocycles. The van der Waals surface area contributed by atoms with Gasteiger partial charge in [0.1, 0.15) is 13.4 Å². The second kappa shape index (κ2) is 7.81. The van der Waals surface area contributed by atoms with Gasteiger partial charge >= 0.3 is 0 Å². The van der Waals surface area contributed by atoms with Crippen LogP contribution in [0.3, 0.4) is 0 Å². The van der Waals surface area contributed by atoms with Gasteiger partial charge in [-0.2, -0.15) is 0 Å². The van der Waals surface area contributed by atoms with Gasteiger partial charge in [-0.3, -0.25) is 9.63 Å². The van der Waals surface area contributed by atoms with Crippen LogP contribution >= 0.6 is 11.6 Å². The van der Waals surface area contributed by atoms with E-state index < -0.39 is 11.7 Å². The molecule has 0 atom stereocenters. The summed E-state index contributed by atoms with van der Waals surface area (Å²) < 4.78 is 16.8. The number of hydrogen-bond acceptors (Lipinski definition) is 4. The highest BCUT2D eigenvalue weighted by Crippen LogP contribution is 2.32. The van der Waals surface area contributed by atoms with Crippen LogP contribution in [0.2, 0.25) is 5.02 Å². The van der Waals surface area contributed by atoms with Crippen molar-refractivity contribution in [3.8, 4) is 0 Å². The molecule has 0 bridgehead atoms. The summed E-state index contributed by atoms with van der Waals surface area (Å²) in [6, 6.07) is 6.24. The molecule has 2 radical (unpaired) electrons. The lowest BCUT2D eigenvalue weighted by Crippen LogP contribution is -2.25. The van der Waals surface area contributed by atoms with E-state index in [1.165, 1.54) is 24.5 Å². The van der Waals surface area contributed by atoms with E-state index in [9.17, 15) is 4.79 Å². The van der Waals surface area contributed by atoms with E-state index in [0.29, 0.717) is 16.7 Å². The smallest absolute Gasteiger partial charge is 0.277 e. The van der Waals surface area contributed by atoms with E-state index in [4.69, 9.17) is 24.3 Å². The van der Waals surface area contributed by atoms with Gasteiger partial charge in [0.25, 0.3) is 5.91 Å². The highest BCUT2D eigenvalue weighted by Gasteiger charge is 2.22. The zero-order valence-corrected chi connectivity index (χ0v) is 15.2. The average Bonchev–Trinajstić information content (AvgIpc) is 3.00. The third kappa shape index (κ3) is 3.81. The Morgan fingerprint density at radius 3 is 2.96 bits per heavy atom. The number of aryl methyl sites for hydroxylation is 1. The first-order chi connectivity index (χ1) is 12.9. The van der Waals surface area contributed by atoms with Crippen molar-refractivity contribution in [3.05, 3.63) is 59.7 Å². The standard InChI is InChI=1S/C18H15BClFN4O2/c1-3-6-27-24-18(26)11-8-14-17(22-9-25(14)2)15(21)16(11)23-13-5-4-10(19)7-12(13)20/h3-5,7-9,23H,1,6H2,2H3,(H,24,26). The second-order valence-electron chi connectivity index (χ2n) is 5.73.